The lowest BCUT2D eigenvalue weighted by Gasteiger charge is -2.07. The normalized spacial score (nSPS) is 10.7. The number of ether oxygens (including phenoxy) is 1. The van der Waals surface area contributed by atoms with Gasteiger partial charge in [-0.2, -0.15) is 0 Å². The predicted octanol–water partition coefficient (Wildman–Crippen LogP) is 0.519. The first-order chi connectivity index (χ1) is 11.7. The minimum Gasteiger partial charge on any atom is -0.497 e. The number of nitrogens with one attached hydrogen (secondary N) is 1. The van der Waals surface area contributed by atoms with Crippen LogP contribution in [0.1, 0.15) is 12.1 Å². The Labute approximate surface area is 137 Å². The summed E-state index contributed by atoms with van der Waals surface area (Å²) < 4.78 is 6.90. The molecule has 3 aromatic rings. The van der Waals surface area contributed by atoms with Gasteiger partial charge in [0.25, 0.3) is 0 Å². The number of nitrogens with two attached hydrogens (primary N) is 1. The summed E-state index contributed by atoms with van der Waals surface area (Å²) in [7, 11) is 1.59. The van der Waals surface area contributed by atoms with Crippen LogP contribution in [0.2, 0.25) is 0 Å². The molecule has 3 N–H and O–H groups in total. The molecule has 124 valence electrons. The molecule has 9 nitrogen and oxygen atoms in total. The number of methoxy groups -OCH3 is 1. The Balaban J connectivity index is 1.56. The molecule has 0 saturated heterocycles. The minimum absolute atomic E-state index is 0.0940. The summed E-state index contributed by atoms with van der Waals surface area (Å²) in [6.45, 7) is 0.792. The van der Waals surface area contributed by atoms with Crippen LogP contribution in [-0.2, 0) is 17.9 Å². The zero-order valence-corrected chi connectivity index (χ0v) is 13.1. The van der Waals surface area contributed by atoms with E-state index in [4.69, 9.17) is 10.5 Å². The van der Waals surface area contributed by atoms with Crippen molar-refractivity contribution in [3.8, 4) is 5.75 Å². The molecule has 0 radical (unpaired) electrons. The smallest absolute Gasteiger partial charge is 0.222 e. The van der Waals surface area contributed by atoms with Crippen molar-refractivity contribution in [1.82, 2.24) is 29.8 Å². The van der Waals surface area contributed by atoms with Crippen LogP contribution in [0.15, 0.2) is 31.0 Å². The van der Waals surface area contributed by atoms with Crippen molar-refractivity contribution in [1.29, 1.82) is 0 Å². The van der Waals surface area contributed by atoms with Gasteiger partial charge in [0, 0.05) is 25.2 Å². The average Bonchev–Trinajstić information content (AvgIpc) is 3.03. The van der Waals surface area contributed by atoms with Crippen LogP contribution < -0.4 is 15.8 Å². The van der Waals surface area contributed by atoms with E-state index in [2.05, 4.69) is 25.3 Å². The van der Waals surface area contributed by atoms with Gasteiger partial charge in [0.15, 0.2) is 11.5 Å². The first-order valence-corrected chi connectivity index (χ1v) is 7.34. The average molecular weight is 327 g/mol. The van der Waals surface area contributed by atoms with E-state index in [0.29, 0.717) is 42.2 Å². The number of pyridine rings is 1. The summed E-state index contributed by atoms with van der Waals surface area (Å²) >= 11 is 0. The van der Waals surface area contributed by atoms with Crippen molar-refractivity contribution in [2.75, 3.05) is 12.8 Å². The number of hydrogen-bond acceptors (Lipinski definition) is 7. The molecular weight excluding hydrogens is 310 g/mol. The lowest BCUT2D eigenvalue weighted by Crippen LogP contribution is -2.24. The van der Waals surface area contributed by atoms with E-state index in [9.17, 15) is 4.79 Å². The molecular formula is C15H17N7O2. The number of amides is 1. The van der Waals surface area contributed by atoms with E-state index in [1.807, 2.05) is 0 Å². The van der Waals surface area contributed by atoms with Gasteiger partial charge in [0.1, 0.15) is 17.6 Å². The highest BCUT2D eigenvalue weighted by atomic mass is 16.5. The third-order valence-electron chi connectivity index (χ3n) is 3.50. The molecule has 0 unspecified atom stereocenters. The molecule has 3 aromatic heterocycles. The molecule has 24 heavy (non-hydrogen) atoms. The van der Waals surface area contributed by atoms with Crippen molar-refractivity contribution in [2.45, 2.75) is 19.5 Å². The quantitative estimate of drug-likeness (QED) is 0.677. The van der Waals surface area contributed by atoms with Gasteiger partial charge in [-0.15, -0.1) is 0 Å². The summed E-state index contributed by atoms with van der Waals surface area (Å²) in [5, 5.41) is 2.82. The number of hydrogen-bond donors (Lipinski definition) is 2. The third-order valence-corrected chi connectivity index (χ3v) is 3.50. The van der Waals surface area contributed by atoms with Gasteiger partial charge >= 0.3 is 0 Å². The maximum atomic E-state index is 12.0. The number of aryl methyl sites for hydroxylation is 1. The first-order valence-electron chi connectivity index (χ1n) is 7.34. The summed E-state index contributed by atoms with van der Waals surface area (Å²) in [5.74, 6) is 0.937. The molecule has 9 heteroatoms. The van der Waals surface area contributed by atoms with Crippen molar-refractivity contribution < 1.29 is 9.53 Å². The van der Waals surface area contributed by atoms with Gasteiger partial charge in [-0.1, -0.05) is 0 Å². The van der Waals surface area contributed by atoms with Crippen LogP contribution in [0.3, 0.4) is 0 Å². The number of imidazole rings is 1. The van der Waals surface area contributed by atoms with Crippen molar-refractivity contribution in [3.05, 3.63) is 36.7 Å². The van der Waals surface area contributed by atoms with Gasteiger partial charge in [0.2, 0.25) is 5.91 Å². The van der Waals surface area contributed by atoms with E-state index < -0.39 is 0 Å². The Hall–Kier alpha value is -3.23. The standard InChI is InChI=1S/C15H17N7O2/c1-24-11-2-4-17-10(6-11)7-18-12(23)3-5-22-9-21-13-14(16)19-8-20-15(13)22/h2,4,6,8-9H,3,5,7H2,1H3,(H,18,23)(H2,16,19,20). The van der Waals surface area contributed by atoms with E-state index in [1.54, 1.807) is 36.3 Å². The molecule has 0 aliphatic rings. The van der Waals surface area contributed by atoms with E-state index >= 15 is 0 Å². The zero-order chi connectivity index (χ0) is 16.9. The highest BCUT2D eigenvalue weighted by molar-refractivity contribution is 5.81. The van der Waals surface area contributed by atoms with Crippen LogP contribution >= 0.6 is 0 Å². The Kier molecular flexibility index (Phi) is 4.50. The Morgan fingerprint density at radius 1 is 1.33 bits per heavy atom. The number of carbonyl (C=O) groups is 1. The van der Waals surface area contributed by atoms with Crippen LogP contribution in [0.4, 0.5) is 5.82 Å². The molecule has 3 rings (SSSR count). The fourth-order valence-electron chi connectivity index (χ4n) is 2.24. The molecule has 0 atom stereocenters. The number of carbonyl (C=O) groups excluding carboxylic acids is 1. The maximum absolute atomic E-state index is 12.0. The summed E-state index contributed by atoms with van der Waals surface area (Å²) in [4.78, 5) is 28.4. The second kappa shape index (κ2) is 6.90. The number of nitrogens with zero attached hydrogens (tertiary/aromatic N) is 5. The van der Waals surface area contributed by atoms with Crippen LogP contribution in [0.25, 0.3) is 11.2 Å². The maximum Gasteiger partial charge on any atom is 0.222 e. The number of aromatic nitrogens is 5. The monoisotopic (exact) mass is 327 g/mol. The van der Waals surface area contributed by atoms with Crippen molar-refractivity contribution in [3.63, 3.8) is 0 Å². The minimum atomic E-state index is -0.0940. The van der Waals surface area contributed by atoms with Crippen LogP contribution in [0, 0.1) is 0 Å². The fourth-order valence-corrected chi connectivity index (χ4v) is 2.24. The van der Waals surface area contributed by atoms with Crippen molar-refractivity contribution in [2.24, 2.45) is 0 Å². The van der Waals surface area contributed by atoms with E-state index in [1.165, 1.54) is 6.33 Å². The van der Waals surface area contributed by atoms with Gasteiger partial charge in [-0.25, -0.2) is 15.0 Å². The molecule has 3 heterocycles. The number of rotatable bonds is 6. The van der Waals surface area contributed by atoms with Crippen LogP contribution in [-0.4, -0.2) is 37.5 Å². The second-order valence-electron chi connectivity index (χ2n) is 5.08. The van der Waals surface area contributed by atoms with E-state index in [0.717, 1.165) is 5.69 Å². The van der Waals surface area contributed by atoms with Gasteiger partial charge in [-0.3, -0.25) is 9.78 Å². The summed E-state index contributed by atoms with van der Waals surface area (Å²) in [6.07, 6.45) is 4.92. The Bertz CT molecular complexity index is 862. The SMILES string of the molecule is COc1ccnc(CNC(=O)CCn2cnc3c(N)ncnc32)c1. The third kappa shape index (κ3) is 3.40. The van der Waals surface area contributed by atoms with Crippen LogP contribution in [0.5, 0.6) is 5.75 Å². The molecule has 0 aliphatic carbocycles. The Morgan fingerprint density at radius 2 is 2.21 bits per heavy atom. The highest BCUT2D eigenvalue weighted by Crippen LogP contribution is 2.14. The summed E-state index contributed by atoms with van der Waals surface area (Å²) in [5.41, 5.74) is 7.63. The van der Waals surface area contributed by atoms with Gasteiger partial charge < -0.3 is 20.4 Å². The largest absolute Gasteiger partial charge is 0.497 e. The lowest BCUT2D eigenvalue weighted by atomic mass is 10.3. The molecule has 0 aliphatic heterocycles. The Morgan fingerprint density at radius 3 is 3.04 bits per heavy atom. The molecule has 0 spiro atoms. The molecule has 1 amide bonds. The van der Waals surface area contributed by atoms with E-state index in [-0.39, 0.29) is 5.91 Å². The summed E-state index contributed by atoms with van der Waals surface area (Å²) in [6, 6.07) is 3.53. The number of anilines is 1. The predicted molar refractivity (Wildman–Crippen MR) is 87.0 cm³/mol. The molecule has 0 fully saturated rings. The fraction of sp³-hybridized carbons (Fsp3) is 0.267. The molecule has 0 aromatic carbocycles. The second-order valence-corrected chi connectivity index (χ2v) is 5.08. The lowest BCUT2D eigenvalue weighted by molar-refractivity contribution is -0.121. The first kappa shape index (κ1) is 15.7. The van der Waals surface area contributed by atoms with Crippen molar-refractivity contribution >= 4 is 22.9 Å². The number of fused-ring (bicyclic) bond motifs is 1. The highest BCUT2D eigenvalue weighted by Gasteiger charge is 2.09. The van der Waals surface area contributed by atoms with Gasteiger partial charge in [0.05, 0.1) is 25.7 Å². The zero-order valence-electron chi connectivity index (χ0n) is 13.1. The van der Waals surface area contributed by atoms with Gasteiger partial charge in [-0.05, 0) is 6.07 Å². The molecule has 0 bridgehead atoms. The topological polar surface area (TPSA) is 121 Å². The number of nitrogen functional groups attached to an aromatic ring is 1. The molecule has 0 saturated carbocycles.